The molecule has 0 heterocycles. The molecule has 1 rings (SSSR count). The van der Waals surface area contributed by atoms with E-state index < -0.39 is 5.97 Å². The standard InChI is InChI=1S/C12H16FNO2/c1-2-7-14-11(8-12(15)16)9-3-5-10(13)6-4-9/h3-6,11,14H,2,7-8H2,1H3,(H,15,16). The fraction of sp³-hybridized carbons (Fsp3) is 0.417. The van der Waals surface area contributed by atoms with Gasteiger partial charge in [0, 0.05) is 6.04 Å². The summed E-state index contributed by atoms with van der Waals surface area (Å²) in [7, 11) is 0. The van der Waals surface area contributed by atoms with E-state index in [0.29, 0.717) is 0 Å². The zero-order valence-electron chi connectivity index (χ0n) is 9.24. The lowest BCUT2D eigenvalue weighted by Gasteiger charge is -2.16. The van der Waals surface area contributed by atoms with Crippen LogP contribution in [0.2, 0.25) is 0 Å². The third-order valence-corrected chi connectivity index (χ3v) is 2.29. The van der Waals surface area contributed by atoms with Crippen molar-refractivity contribution in [3.8, 4) is 0 Å². The van der Waals surface area contributed by atoms with Crippen molar-refractivity contribution in [3.05, 3.63) is 35.6 Å². The van der Waals surface area contributed by atoms with E-state index in [9.17, 15) is 9.18 Å². The van der Waals surface area contributed by atoms with Crippen LogP contribution in [0.1, 0.15) is 31.4 Å². The molecule has 1 atom stereocenters. The van der Waals surface area contributed by atoms with E-state index in [1.807, 2.05) is 6.92 Å². The van der Waals surface area contributed by atoms with Crippen LogP contribution in [-0.4, -0.2) is 17.6 Å². The van der Waals surface area contributed by atoms with Crippen LogP contribution in [0.3, 0.4) is 0 Å². The highest BCUT2D eigenvalue weighted by Gasteiger charge is 2.14. The first-order chi connectivity index (χ1) is 7.63. The van der Waals surface area contributed by atoms with Crippen LogP contribution in [-0.2, 0) is 4.79 Å². The molecular weight excluding hydrogens is 209 g/mol. The maximum atomic E-state index is 12.7. The molecule has 0 saturated carbocycles. The molecule has 1 aromatic carbocycles. The lowest BCUT2D eigenvalue weighted by atomic mass is 10.0. The maximum Gasteiger partial charge on any atom is 0.305 e. The van der Waals surface area contributed by atoms with Gasteiger partial charge in [0.2, 0.25) is 0 Å². The number of benzene rings is 1. The summed E-state index contributed by atoms with van der Waals surface area (Å²) in [5, 5.41) is 11.9. The Bertz CT molecular complexity index is 337. The highest BCUT2D eigenvalue weighted by Crippen LogP contribution is 2.17. The van der Waals surface area contributed by atoms with E-state index in [2.05, 4.69) is 5.32 Å². The Kier molecular flexibility index (Phi) is 4.92. The predicted molar refractivity (Wildman–Crippen MR) is 59.7 cm³/mol. The molecule has 88 valence electrons. The predicted octanol–water partition coefficient (Wildman–Crippen LogP) is 2.34. The Balaban J connectivity index is 2.74. The summed E-state index contributed by atoms with van der Waals surface area (Å²) in [6.45, 7) is 2.75. The van der Waals surface area contributed by atoms with Crippen LogP contribution < -0.4 is 5.32 Å². The molecule has 0 fully saturated rings. The number of hydrogen-bond donors (Lipinski definition) is 2. The quantitative estimate of drug-likeness (QED) is 0.781. The fourth-order valence-corrected chi connectivity index (χ4v) is 1.50. The van der Waals surface area contributed by atoms with Crippen LogP contribution >= 0.6 is 0 Å². The van der Waals surface area contributed by atoms with Crippen molar-refractivity contribution in [1.82, 2.24) is 5.32 Å². The number of carboxylic acid groups (broad SMARTS) is 1. The second-order valence-electron chi connectivity index (χ2n) is 3.66. The van der Waals surface area contributed by atoms with Gasteiger partial charge in [-0.25, -0.2) is 4.39 Å². The number of halogens is 1. The second kappa shape index (κ2) is 6.23. The normalized spacial score (nSPS) is 12.4. The number of hydrogen-bond acceptors (Lipinski definition) is 2. The Morgan fingerprint density at radius 2 is 2.06 bits per heavy atom. The smallest absolute Gasteiger partial charge is 0.305 e. The lowest BCUT2D eigenvalue weighted by Crippen LogP contribution is -2.24. The van der Waals surface area contributed by atoms with Crippen LogP contribution in [0.15, 0.2) is 24.3 Å². The molecule has 4 heteroatoms. The van der Waals surface area contributed by atoms with Gasteiger partial charge in [-0.3, -0.25) is 4.79 Å². The summed E-state index contributed by atoms with van der Waals surface area (Å²) in [5.41, 5.74) is 0.803. The minimum Gasteiger partial charge on any atom is -0.481 e. The molecule has 3 nitrogen and oxygen atoms in total. The summed E-state index contributed by atoms with van der Waals surface area (Å²) in [6, 6.07) is 5.67. The molecule has 1 aromatic rings. The summed E-state index contributed by atoms with van der Waals surface area (Å²) in [5.74, 6) is -1.17. The van der Waals surface area contributed by atoms with Gasteiger partial charge in [0.15, 0.2) is 0 Å². The maximum absolute atomic E-state index is 12.7. The molecule has 0 spiro atoms. The van der Waals surface area contributed by atoms with Crippen LogP contribution in [0.25, 0.3) is 0 Å². The first-order valence-corrected chi connectivity index (χ1v) is 5.34. The second-order valence-corrected chi connectivity index (χ2v) is 3.66. The van der Waals surface area contributed by atoms with Crippen molar-refractivity contribution in [2.45, 2.75) is 25.8 Å². The minimum absolute atomic E-state index is 0.00559. The van der Waals surface area contributed by atoms with Gasteiger partial charge in [0.05, 0.1) is 6.42 Å². The minimum atomic E-state index is -0.863. The van der Waals surface area contributed by atoms with Crippen molar-refractivity contribution < 1.29 is 14.3 Å². The van der Waals surface area contributed by atoms with E-state index in [4.69, 9.17) is 5.11 Å². The Morgan fingerprint density at radius 3 is 2.56 bits per heavy atom. The Morgan fingerprint density at radius 1 is 1.44 bits per heavy atom. The first-order valence-electron chi connectivity index (χ1n) is 5.34. The van der Waals surface area contributed by atoms with Gasteiger partial charge < -0.3 is 10.4 Å². The molecule has 2 N–H and O–H groups in total. The molecule has 1 unspecified atom stereocenters. The lowest BCUT2D eigenvalue weighted by molar-refractivity contribution is -0.137. The number of nitrogens with one attached hydrogen (secondary N) is 1. The third kappa shape index (κ3) is 3.98. The van der Waals surface area contributed by atoms with Crippen LogP contribution in [0.5, 0.6) is 0 Å². The number of carbonyl (C=O) groups is 1. The molecule has 0 aromatic heterocycles. The highest BCUT2D eigenvalue weighted by atomic mass is 19.1. The SMILES string of the molecule is CCCNC(CC(=O)O)c1ccc(F)cc1. The Labute approximate surface area is 94.3 Å². The number of carboxylic acids is 1. The fourth-order valence-electron chi connectivity index (χ4n) is 1.50. The van der Waals surface area contributed by atoms with Crippen molar-refractivity contribution in [2.75, 3.05) is 6.54 Å². The summed E-state index contributed by atoms with van der Waals surface area (Å²) in [4.78, 5) is 10.7. The molecule has 0 aliphatic heterocycles. The molecule has 0 bridgehead atoms. The molecule has 0 aliphatic carbocycles. The summed E-state index contributed by atoms with van der Waals surface area (Å²) >= 11 is 0. The highest BCUT2D eigenvalue weighted by molar-refractivity contribution is 5.67. The largest absolute Gasteiger partial charge is 0.481 e. The van der Waals surface area contributed by atoms with Crippen molar-refractivity contribution in [2.24, 2.45) is 0 Å². The van der Waals surface area contributed by atoms with Gasteiger partial charge >= 0.3 is 5.97 Å². The van der Waals surface area contributed by atoms with Crippen molar-refractivity contribution in [1.29, 1.82) is 0 Å². The average molecular weight is 225 g/mol. The van der Waals surface area contributed by atoms with Gasteiger partial charge in [-0.2, -0.15) is 0 Å². The van der Waals surface area contributed by atoms with Crippen molar-refractivity contribution >= 4 is 5.97 Å². The monoisotopic (exact) mass is 225 g/mol. The summed E-state index contributed by atoms with van der Waals surface area (Å²) < 4.78 is 12.7. The van der Waals surface area contributed by atoms with Gasteiger partial charge in [0.1, 0.15) is 5.82 Å². The molecule has 0 aliphatic rings. The van der Waals surface area contributed by atoms with E-state index in [0.717, 1.165) is 18.5 Å². The zero-order chi connectivity index (χ0) is 12.0. The van der Waals surface area contributed by atoms with Crippen molar-refractivity contribution in [3.63, 3.8) is 0 Å². The van der Waals surface area contributed by atoms with Gasteiger partial charge in [-0.05, 0) is 30.7 Å². The molecule has 0 amide bonds. The molecule has 0 radical (unpaired) electrons. The zero-order valence-corrected chi connectivity index (χ0v) is 9.24. The van der Waals surface area contributed by atoms with Gasteiger partial charge in [-0.15, -0.1) is 0 Å². The third-order valence-electron chi connectivity index (χ3n) is 2.29. The molecular formula is C12H16FNO2. The van der Waals surface area contributed by atoms with Gasteiger partial charge in [0.25, 0.3) is 0 Å². The number of rotatable bonds is 6. The molecule has 16 heavy (non-hydrogen) atoms. The molecule has 0 saturated heterocycles. The summed E-state index contributed by atoms with van der Waals surface area (Å²) in [6.07, 6.45) is 0.933. The van der Waals surface area contributed by atoms with E-state index >= 15 is 0 Å². The Hall–Kier alpha value is -1.42. The van der Waals surface area contributed by atoms with Crippen LogP contribution in [0, 0.1) is 5.82 Å². The number of aliphatic carboxylic acids is 1. The topological polar surface area (TPSA) is 49.3 Å². The van der Waals surface area contributed by atoms with Gasteiger partial charge in [-0.1, -0.05) is 19.1 Å². The van der Waals surface area contributed by atoms with E-state index in [-0.39, 0.29) is 18.3 Å². The van der Waals surface area contributed by atoms with E-state index in [1.54, 1.807) is 12.1 Å². The average Bonchev–Trinajstić information content (AvgIpc) is 2.25. The first kappa shape index (κ1) is 12.6. The van der Waals surface area contributed by atoms with Crippen LogP contribution in [0.4, 0.5) is 4.39 Å². The van der Waals surface area contributed by atoms with E-state index in [1.165, 1.54) is 12.1 Å².